The van der Waals surface area contributed by atoms with Crippen LogP contribution in [0.25, 0.3) is 0 Å². The van der Waals surface area contributed by atoms with Gasteiger partial charge in [-0.15, -0.1) is 0 Å². The smallest absolute Gasteiger partial charge is 0.0632 e. The SMILES string of the molecule is CC1(C)C[C@]2(CCCNC2)CCO1. The Balaban J connectivity index is 2.04. The van der Waals surface area contributed by atoms with Crippen molar-refractivity contribution in [2.75, 3.05) is 19.7 Å². The molecule has 0 amide bonds. The summed E-state index contributed by atoms with van der Waals surface area (Å²) in [6.45, 7) is 7.82. The van der Waals surface area contributed by atoms with Crippen molar-refractivity contribution in [1.29, 1.82) is 0 Å². The Morgan fingerprint density at radius 1 is 1.23 bits per heavy atom. The third kappa shape index (κ3) is 2.05. The standard InChI is InChI=1S/C11H21NO/c1-10(2)8-11(5-7-13-10)4-3-6-12-9-11/h12H,3-9H2,1-2H3/t11-/m0/s1. The Hall–Kier alpha value is -0.0800. The molecule has 2 heteroatoms. The van der Waals surface area contributed by atoms with E-state index >= 15 is 0 Å². The molecule has 2 rings (SSSR count). The molecule has 2 nitrogen and oxygen atoms in total. The molecule has 1 atom stereocenters. The van der Waals surface area contributed by atoms with Gasteiger partial charge in [-0.2, -0.15) is 0 Å². The van der Waals surface area contributed by atoms with Gasteiger partial charge in [-0.1, -0.05) is 0 Å². The fraction of sp³-hybridized carbons (Fsp3) is 1.00. The summed E-state index contributed by atoms with van der Waals surface area (Å²) < 4.78 is 5.77. The van der Waals surface area contributed by atoms with E-state index < -0.39 is 0 Å². The van der Waals surface area contributed by atoms with Gasteiger partial charge in [0.15, 0.2) is 0 Å². The van der Waals surface area contributed by atoms with Crippen molar-refractivity contribution in [3.63, 3.8) is 0 Å². The molecule has 0 aromatic carbocycles. The van der Waals surface area contributed by atoms with Crippen LogP contribution < -0.4 is 5.32 Å². The molecule has 0 saturated carbocycles. The first-order valence-corrected chi connectivity index (χ1v) is 5.47. The van der Waals surface area contributed by atoms with Crippen molar-refractivity contribution >= 4 is 0 Å². The van der Waals surface area contributed by atoms with E-state index in [9.17, 15) is 0 Å². The Bertz CT molecular complexity index is 177. The zero-order valence-corrected chi connectivity index (χ0v) is 8.86. The van der Waals surface area contributed by atoms with Gasteiger partial charge in [0.1, 0.15) is 0 Å². The van der Waals surface area contributed by atoms with Gasteiger partial charge in [-0.05, 0) is 51.5 Å². The molecular weight excluding hydrogens is 162 g/mol. The highest BCUT2D eigenvalue weighted by atomic mass is 16.5. The molecule has 0 bridgehead atoms. The van der Waals surface area contributed by atoms with Crippen LogP contribution in [0.2, 0.25) is 0 Å². The normalized spacial score (nSPS) is 39.2. The zero-order chi connectivity index (χ0) is 9.36. The van der Waals surface area contributed by atoms with Gasteiger partial charge < -0.3 is 10.1 Å². The molecule has 0 aromatic rings. The number of ether oxygens (including phenoxy) is 1. The minimum Gasteiger partial charge on any atom is -0.376 e. The second-order valence-electron chi connectivity index (χ2n) is 5.32. The van der Waals surface area contributed by atoms with Crippen molar-refractivity contribution in [3.8, 4) is 0 Å². The molecule has 0 unspecified atom stereocenters. The van der Waals surface area contributed by atoms with Crippen molar-refractivity contribution in [1.82, 2.24) is 5.32 Å². The molecule has 0 aliphatic carbocycles. The van der Waals surface area contributed by atoms with Crippen molar-refractivity contribution in [2.24, 2.45) is 5.41 Å². The maximum Gasteiger partial charge on any atom is 0.0632 e. The van der Waals surface area contributed by atoms with Crippen LogP contribution in [0.15, 0.2) is 0 Å². The second-order valence-corrected chi connectivity index (χ2v) is 5.32. The van der Waals surface area contributed by atoms with E-state index in [1.54, 1.807) is 0 Å². The van der Waals surface area contributed by atoms with Crippen LogP contribution in [0, 0.1) is 5.41 Å². The van der Waals surface area contributed by atoms with Crippen LogP contribution in [0.4, 0.5) is 0 Å². The van der Waals surface area contributed by atoms with Crippen LogP contribution in [0.3, 0.4) is 0 Å². The summed E-state index contributed by atoms with van der Waals surface area (Å²) in [7, 11) is 0. The summed E-state index contributed by atoms with van der Waals surface area (Å²) in [6, 6.07) is 0. The van der Waals surface area contributed by atoms with Crippen LogP contribution in [-0.4, -0.2) is 25.3 Å². The summed E-state index contributed by atoms with van der Waals surface area (Å²) >= 11 is 0. The fourth-order valence-electron chi connectivity index (χ4n) is 2.98. The molecule has 13 heavy (non-hydrogen) atoms. The summed E-state index contributed by atoms with van der Waals surface area (Å²) in [6.07, 6.45) is 5.22. The van der Waals surface area contributed by atoms with Crippen LogP contribution in [0.1, 0.15) is 39.5 Å². The summed E-state index contributed by atoms with van der Waals surface area (Å²) in [5.41, 5.74) is 0.664. The van der Waals surface area contributed by atoms with E-state index in [1.807, 2.05) is 0 Å². The van der Waals surface area contributed by atoms with Gasteiger partial charge >= 0.3 is 0 Å². The van der Waals surface area contributed by atoms with E-state index in [2.05, 4.69) is 19.2 Å². The van der Waals surface area contributed by atoms with Gasteiger partial charge in [-0.3, -0.25) is 0 Å². The number of hydrogen-bond acceptors (Lipinski definition) is 2. The Morgan fingerprint density at radius 3 is 2.69 bits per heavy atom. The van der Waals surface area contributed by atoms with Crippen molar-refractivity contribution < 1.29 is 4.74 Å². The third-order valence-electron chi connectivity index (χ3n) is 3.49. The van der Waals surface area contributed by atoms with Crippen molar-refractivity contribution in [3.05, 3.63) is 0 Å². The molecule has 1 N–H and O–H groups in total. The van der Waals surface area contributed by atoms with Crippen LogP contribution in [0.5, 0.6) is 0 Å². The van der Waals surface area contributed by atoms with E-state index in [-0.39, 0.29) is 5.60 Å². The van der Waals surface area contributed by atoms with Gasteiger partial charge in [-0.25, -0.2) is 0 Å². The molecule has 2 fully saturated rings. The second kappa shape index (κ2) is 3.25. The topological polar surface area (TPSA) is 21.3 Å². The fourth-order valence-corrected chi connectivity index (χ4v) is 2.98. The Labute approximate surface area is 81.0 Å². The minimum atomic E-state index is 0.108. The van der Waals surface area contributed by atoms with Crippen LogP contribution >= 0.6 is 0 Å². The van der Waals surface area contributed by atoms with E-state index in [4.69, 9.17) is 4.74 Å². The van der Waals surface area contributed by atoms with Gasteiger partial charge in [0.05, 0.1) is 5.60 Å². The molecule has 2 saturated heterocycles. The molecule has 76 valence electrons. The molecule has 2 heterocycles. The van der Waals surface area contributed by atoms with Gasteiger partial charge in [0.2, 0.25) is 0 Å². The average Bonchev–Trinajstić information content (AvgIpc) is 2.03. The van der Waals surface area contributed by atoms with E-state index in [0.29, 0.717) is 5.41 Å². The minimum absolute atomic E-state index is 0.108. The maximum absolute atomic E-state index is 5.77. The zero-order valence-electron chi connectivity index (χ0n) is 8.86. The molecular formula is C11H21NO. The lowest BCUT2D eigenvalue weighted by atomic mass is 9.70. The number of nitrogens with one attached hydrogen (secondary N) is 1. The molecule has 0 radical (unpaired) electrons. The largest absolute Gasteiger partial charge is 0.376 e. The first-order chi connectivity index (χ1) is 6.12. The summed E-state index contributed by atoms with van der Waals surface area (Å²) in [4.78, 5) is 0. The maximum atomic E-state index is 5.77. The van der Waals surface area contributed by atoms with Crippen molar-refractivity contribution in [2.45, 2.75) is 45.1 Å². The quantitative estimate of drug-likeness (QED) is 0.619. The molecule has 2 aliphatic rings. The summed E-state index contributed by atoms with van der Waals surface area (Å²) in [5.74, 6) is 0. The lowest BCUT2D eigenvalue weighted by Gasteiger charge is -2.47. The first kappa shape index (κ1) is 9.47. The van der Waals surface area contributed by atoms with E-state index in [0.717, 1.165) is 6.61 Å². The lowest BCUT2D eigenvalue weighted by molar-refractivity contribution is -0.110. The average molecular weight is 183 g/mol. The van der Waals surface area contributed by atoms with E-state index in [1.165, 1.54) is 38.8 Å². The third-order valence-corrected chi connectivity index (χ3v) is 3.49. The Kier molecular flexibility index (Phi) is 2.37. The molecule has 2 aliphatic heterocycles. The predicted octanol–water partition coefficient (Wildman–Crippen LogP) is 1.95. The van der Waals surface area contributed by atoms with Gasteiger partial charge in [0, 0.05) is 13.2 Å². The highest BCUT2D eigenvalue weighted by Gasteiger charge is 2.41. The number of piperidine rings is 1. The molecule has 0 aromatic heterocycles. The number of rotatable bonds is 0. The Morgan fingerprint density at radius 2 is 2.08 bits per heavy atom. The summed E-state index contributed by atoms with van der Waals surface area (Å²) in [5, 5.41) is 3.53. The highest BCUT2D eigenvalue weighted by Crippen LogP contribution is 2.42. The number of hydrogen-bond donors (Lipinski definition) is 1. The highest BCUT2D eigenvalue weighted by molar-refractivity contribution is 4.93. The monoisotopic (exact) mass is 183 g/mol. The van der Waals surface area contributed by atoms with Crippen LogP contribution in [-0.2, 0) is 4.74 Å². The lowest BCUT2D eigenvalue weighted by Crippen LogP contribution is -2.49. The predicted molar refractivity (Wildman–Crippen MR) is 53.8 cm³/mol. The van der Waals surface area contributed by atoms with Gasteiger partial charge in [0.25, 0.3) is 0 Å². The molecule has 1 spiro atoms. The first-order valence-electron chi connectivity index (χ1n) is 5.47.